The van der Waals surface area contributed by atoms with Crippen molar-refractivity contribution in [1.82, 2.24) is 14.7 Å². The van der Waals surface area contributed by atoms with Gasteiger partial charge in [0.1, 0.15) is 5.75 Å². The largest absolute Gasteiger partial charge is 0.497 e. The van der Waals surface area contributed by atoms with Crippen LogP contribution in [-0.4, -0.2) is 47.6 Å². The smallest absolute Gasteiger partial charge is 0.204 e. The highest BCUT2D eigenvalue weighted by atomic mass is 32.1. The Balaban J connectivity index is 1.58. The molecule has 6 nitrogen and oxygen atoms in total. The Morgan fingerprint density at radius 1 is 1.42 bits per heavy atom. The lowest BCUT2D eigenvalue weighted by Gasteiger charge is -2.30. The van der Waals surface area contributed by atoms with Crippen molar-refractivity contribution in [2.75, 3.05) is 32.1 Å². The molecule has 130 valence electrons. The van der Waals surface area contributed by atoms with Crippen LogP contribution in [0, 0.1) is 3.95 Å². The lowest BCUT2D eigenvalue weighted by atomic mass is 10.2. The van der Waals surface area contributed by atoms with Crippen molar-refractivity contribution in [3.63, 3.8) is 0 Å². The number of methoxy groups -OCH3 is 1. The molecule has 1 aliphatic heterocycles. The Morgan fingerprint density at radius 2 is 2.21 bits per heavy atom. The quantitative estimate of drug-likeness (QED) is 0.793. The van der Waals surface area contributed by atoms with Crippen LogP contribution in [0.1, 0.15) is 12.5 Å². The second kappa shape index (κ2) is 8.06. The standard InChI is InChI=1S/C16H22N4O2S2/c1-12-10-19(7-8-22-12)11-20-16(23)24-15(18-20)17-9-13-3-5-14(21-2)6-4-13/h3-6,12H,7-11H2,1-2H3,(H,17,18)/t12-/m0/s1. The number of anilines is 1. The first kappa shape index (κ1) is 17.3. The van der Waals surface area contributed by atoms with Crippen molar-refractivity contribution >= 4 is 28.7 Å². The maximum Gasteiger partial charge on any atom is 0.204 e. The molecule has 1 atom stereocenters. The molecule has 0 unspecified atom stereocenters. The van der Waals surface area contributed by atoms with Gasteiger partial charge in [-0.05, 0) is 36.8 Å². The fourth-order valence-electron chi connectivity index (χ4n) is 2.60. The predicted molar refractivity (Wildman–Crippen MR) is 98.2 cm³/mol. The third-order valence-electron chi connectivity index (χ3n) is 3.87. The molecule has 3 rings (SSSR count). The van der Waals surface area contributed by atoms with E-state index in [0.717, 1.165) is 34.5 Å². The van der Waals surface area contributed by atoms with Crippen LogP contribution in [0.4, 0.5) is 5.13 Å². The summed E-state index contributed by atoms with van der Waals surface area (Å²) in [7, 11) is 1.67. The van der Waals surface area contributed by atoms with E-state index in [1.54, 1.807) is 7.11 Å². The summed E-state index contributed by atoms with van der Waals surface area (Å²) in [5, 5.41) is 8.78. The molecule has 1 saturated heterocycles. The summed E-state index contributed by atoms with van der Waals surface area (Å²) in [5.74, 6) is 0.860. The first-order chi connectivity index (χ1) is 11.6. The third kappa shape index (κ3) is 4.54. The molecule has 2 aromatic rings. The van der Waals surface area contributed by atoms with Gasteiger partial charge in [0.2, 0.25) is 5.13 Å². The molecule has 1 aromatic heterocycles. The minimum atomic E-state index is 0.263. The van der Waals surface area contributed by atoms with Crippen molar-refractivity contribution in [1.29, 1.82) is 0 Å². The lowest BCUT2D eigenvalue weighted by molar-refractivity contribution is -0.0305. The Morgan fingerprint density at radius 3 is 2.92 bits per heavy atom. The van der Waals surface area contributed by atoms with Crippen LogP contribution < -0.4 is 10.1 Å². The van der Waals surface area contributed by atoms with E-state index >= 15 is 0 Å². The van der Waals surface area contributed by atoms with Crippen LogP contribution in [0.3, 0.4) is 0 Å². The highest BCUT2D eigenvalue weighted by Gasteiger charge is 2.17. The van der Waals surface area contributed by atoms with E-state index in [-0.39, 0.29) is 6.10 Å². The number of rotatable bonds is 6. The van der Waals surface area contributed by atoms with Crippen molar-refractivity contribution in [3.05, 3.63) is 33.8 Å². The number of aromatic nitrogens is 2. The van der Waals surface area contributed by atoms with Gasteiger partial charge in [-0.2, -0.15) is 0 Å². The van der Waals surface area contributed by atoms with Crippen LogP contribution >= 0.6 is 23.6 Å². The molecule has 0 radical (unpaired) electrons. The number of hydrogen-bond donors (Lipinski definition) is 1. The predicted octanol–water partition coefficient (Wildman–Crippen LogP) is 2.97. The van der Waals surface area contributed by atoms with E-state index in [1.165, 1.54) is 16.9 Å². The summed E-state index contributed by atoms with van der Waals surface area (Å²) >= 11 is 6.94. The molecule has 2 heterocycles. The molecule has 0 bridgehead atoms. The normalized spacial score (nSPS) is 18.5. The molecule has 24 heavy (non-hydrogen) atoms. The van der Waals surface area contributed by atoms with Gasteiger partial charge in [0.05, 0.1) is 26.5 Å². The van der Waals surface area contributed by atoms with Crippen LogP contribution in [0.2, 0.25) is 0 Å². The van der Waals surface area contributed by atoms with Crippen LogP contribution in [0.15, 0.2) is 24.3 Å². The maximum absolute atomic E-state index is 5.57. The van der Waals surface area contributed by atoms with Crippen LogP contribution in [-0.2, 0) is 18.0 Å². The summed E-state index contributed by atoms with van der Waals surface area (Å²) in [6.45, 7) is 6.11. The van der Waals surface area contributed by atoms with Gasteiger partial charge >= 0.3 is 0 Å². The fraction of sp³-hybridized carbons (Fsp3) is 0.500. The summed E-state index contributed by atoms with van der Waals surface area (Å²) in [5.41, 5.74) is 1.17. The molecule has 0 amide bonds. The zero-order valence-corrected chi connectivity index (χ0v) is 15.5. The van der Waals surface area contributed by atoms with Crippen molar-refractivity contribution in [2.45, 2.75) is 26.2 Å². The van der Waals surface area contributed by atoms with E-state index in [1.807, 2.05) is 28.9 Å². The van der Waals surface area contributed by atoms with Gasteiger partial charge < -0.3 is 14.8 Å². The molecule has 0 saturated carbocycles. The third-order valence-corrected chi connectivity index (χ3v) is 5.13. The maximum atomic E-state index is 5.57. The molecular weight excluding hydrogens is 344 g/mol. The second-order valence-corrected chi connectivity index (χ2v) is 7.40. The summed E-state index contributed by atoms with van der Waals surface area (Å²) in [6, 6.07) is 7.99. The number of hydrogen-bond acceptors (Lipinski definition) is 7. The Hall–Kier alpha value is -1.48. The van der Waals surface area contributed by atoms with Crippen LogP contribution in [0.5, 0.6) is 5.75 Å². The molecule has 0 aliphatic carbocycles. The van der Waals surface area contributed by atoms with E-state index in [9.17, 15) is 0 Å². The number of morpholine rings is 1. The first-order valence-electron chi connectivity index (χ1n) is 7.93. The Bertz CT molecular complexity index is 714. The fourth-order valence-corrected chi connectivity index (χ4v) is 3.59. The monoisotopic (exact) mass is 366 g/mol. The lowest BCUT2D eigenvalue weighted by Crippen LogP contribution is -2.42. The van der Waals surface area contributed by atoms with Crippen LogP contribution in [0.25, 0.3) is 0 Å². The van der Waals surface area contributed by atoms with E-state index in [4.69, 9.17) is 21.7 Å². The molecule has 1 aromatic carbocycles. The highest BCUT2D eigenvalue weighted by molar-refractivity contribution is 7.73. The van der Waals surface area contributed by atoms with E-state index in [0.29, 0.717) is 13.2 Å². The molecule has 1 aliphatic rings. The van der Waals surface area contributed by atoms with Gasteiger partial charge in [0, 0.05) is 19.6 Å². The number of ether oxygens (including phenoxy) is 2. The minimum Gasteiger partial charge on any atom is -0.497 e. The van der Waals surface area contributed by atoms with Gasteiger partial charge in [-0.15, -0.1) is 5.10 Å². The number of nitrogens with one attached hydrogen (secondary N) is 1. The average molecular weight is 367 g/mol. The SMILES string of the molecule is COc1ccc(CNc2nn(CN3CCO[C@@H](C)C3)c(=S)s2)cc1. The topological polar surface area (TPSA) is 51.5 Å². The molecule has 0 spiro atoms. The van der Waals surface area contributed by atoms with Gasteiger partial charge in [-0.25, -0.2) is 4.68 Å². The van der Waals surface area contributed by atoms with Crippen molar-refractivity contribution < 1.29 is 9.47 Å². The van der Waals surface area contributed by atoms with Gasteiger partial charge in [0.25, 0.3) is 0 Å². The Labute approximate surface area is 151 Å². The number of nitrogens with zero attached hydrogens (tertiary/aromatic N) is 3. The summed E-state index contributed by atoms with van der Waals surface area (Å²) in [6.07, 6.45) is 0.263. The van der Waals surface area contributed by atoms with Crippen molar-refractivity contribution in [3.8, 4) is 5.75 Å². The van der Waals surface area contributed by atoms with E-state index in [2.05, 4.69) is 22.2 Å². The summed E-state index contributed by atoms with van der Waals surface area (Å²) in [4.78, 5) is 2.32. The highest BCUT2D eigenvalue weighted by Crippen LogP contribution is 2.18. The molecule has 1 N–H and O–H groups in total. The molecule has 8 heteroatoms. The first-order valence-corrected chi connectivity index (χ1v) is 9.15. The van der Waals surface area contributed by atoms with E-state index < -0.39 is 0 Å². The van der Waals surface area contributed by atoms with Gasteiger partial charge in [0.15, 0.2) is 3.95 Å². The zero-order chi connectivity index (χ0) is 16.9. The van der Waals surface area contributed by atoms with Gasteiger partial charge in [-0.1, -0.05) is 23.5 Å². The zero-order valence-electron chi connectivity index (χ0n) is 13.9. The summed E-state index contributed by atoms with van der Waals surface area (Å²) < 4.78 is 13.4. The molecule has 1 fully saturated rings. The number of benzene rings is 1. The minimum absolute atomic E-state index is 0.263. The Kier molecular flexibility index (Phi) is 5.83. The van der Waals surface area contributed by atoms with Crippen molar-refractivity contribution in [2.24, 2.45) is 0 Å². The second-order valence-electron chi connectivity index (χ2n) is 5.77. The van der Waals surface area contributed by atoms with Gasteiger partial charge in [-0.3, -0.25) is 4.90 Å². The average Bonchev–Trinajstić information content (AvgIpc) is 2.93. The molecular formula is C16H22N4O2S2.